The van der Waals surface area contributed by atoms with Crippen molar-refractivity contribution in [3.8, 4) is 11.5 Å². The summed E-state index contributed by atoms with van der Waals surface area (Å²) in [7, 11) is 3.08. The van der Waals surface area contributed by atoms with Gasteiger partial charge >= 0.3 is 5.97 Å². The van der Waals surface area contributed by atoms with Crippen LogP contribution < -0.4 is 9.47 Å². The number of rotatable bonds is 5. The van der Waals surface area contributed by atoms with Crippen molar-refractivity contribution in [3.05, 3.63) is 23.8 Å². The topological polar surface area (TPSA) is 85.3 Å². The highest BCUT2D eigenvalue weighted by atomic mass is 16.5. The highest BCUT2D eigenvalue weighted by molar-refractivity contribution is 5.81. The number of hydrogen-bond donors (Lipinski definition) is 1. The largest absolute Gasteiger partial charge is 0.497 e. The van der Waals surface area contributed by atoms with Crippen molar-refractivity contribution >= 4 is 11.9 Å². The van der Waals surface area contributed by atoms with Crippen molar-refractivity contribution in [1.82, 2.24) is 4.90 Å². The second-order valence-electron chi connectivity index (χ2n) is 4.59. The Balaban J connectivity index is 2.16. The quantitative estimate of drug-likeness (QED) is 0.852. The first-order chi connectivity index (χ1) is 10.0. The number of carboxylic acids is 1. The van der Waals surface area contributed by atoms with E-state index < -0.39 is 12.1 Å². The summed E-state index contributed by atoms with van der Waals surface area (Å²) in [5.74, 6) is -0.0904. The van der Waals surface area contributed by atoms with Gasteiger partial charge in [0.1, 0.15) is 18.1 Å². The van der Waals surface area contributed by atoms with E-state index in [2.05, 4.69) is 0 Å². The normalized spacial score (nSPS) is 18.5. The third-order valence-electron chi connectivity index (χ3n) is 3.28. The zero-order valence-corrected chi connectivity index (χ0v) is 11.9. The number of carbonyl (C=O) groups excluding carboxylic acids is 1. The number of amides is 1. The van der Waals surface area contributed by atoms with Crippen molar-refractivity contribution in [2.24, 2.45) is 0 Å². The molecular formula is C14H17NO6. The minimum Gasteiger partial charge on any atom is -0.497 e. The predicted octanol–water partition coefficient (Wildman–Crippen LogP) is 0.516. The number of benzene rings is 1. The predicted molar refractivity (Wildman–Crippen MR) is 72.3 cm³/mol. The van der Waals surface area contributed by atoms with E-state index in [9.17, 15) is 9.59 Å². The molecule has 1 heterocycles. The standard InChI is InChI=1S/C14H17NO6/c1-19-10-4-3-9(11(5-10)20-2)6-15-7-12(14(17)18)21-8-13(15)16/h3-5,12H,6-8H2,1-2H3,(H,17,18). The van der Waals surface area contributed by atoms with Gasteiger partial charge < -0.3 is 24.2 Å². The molecule has 0 spiro atoms. The first-order valence-corrected chi connectivity index (χ1v) is 6.38. The molecule has 1 aliphatic heterocycles. The third-order valence-corrected chi connectivity index (χ3v) is 3.28. The summed E-state index contributed by atoms with van der Waals surface area (Å²) in [4.78, 5) is 24.2. The molecule has 1 unspecified atom stereocenters. The Hall–Kier alpha value is -2.28. The van der Waals surface area contributed by atoms with Gasteiger partial charge in [-0.2, -0.15) is 0 Å². The van der Waals surface area contributed by atoms with E-state index in [1.807, 2.05) is 0 Å². The molecule has 1 aliphatic rings. The third kappa shape index (κ3) is 3.43. The zero-order chi connectivity index (χ0) is 15.4. The van der Waals surface area contributed by atoms with E-state index in [0.29, 0.717) is 11.5 Å². The number of carbonyl (C=O) groups is 2. The van der Waals surface area contributed by atoms with Crippen LogP contribution in [-0.2, 0) is 20.9 Å². The molecule has 1 amide bonds. The summed E-state index contributed by atoms with van der Waals surface area (Å²) in [6.45, 7) is 0.0535. The first kappa shape index (κ1) is 15.1. The van der Waals surface area contributed by atoms with Gasteiger partial charge in [0.25, 0.3) is 0 Å². The second kappa shape index (κ2) is 6.45. The maximum atomic E-state index is 11.8. The molecule has 0 saturated carbocycles. The number of ether oxygens (including phenoxy) is 3. The summed E-state index contributed by atoms with van der Waals surface area (Å²) in [5, 5.41) is 8.97. The number of morpholine rings is 1. The lowest BCUT2D eigenvalue weighted by Crippen LogP contribution is -2.49. The smallest absolute Gasteiger partial charge is 0.334 e. The van der Waals surface area contributed by atoms with E-state index in [0.717, 1.165) is 5.56 Å². The molecule has 7 heteroatoms. The van der Waals surface area contributed by atoms with Gasteiger partial charge in [0.05, 0.1) is 20.8 Å². The molecule has 114 valence electrons. The second-order valence-corrected chi connectivity index (χ2v) is 4.59. The van der Waals surface area contributed by atoms with Crippen LogP contribution in [0.25, 0.3) is 0 Å². The molecule has 2 rings (SSSR count). The van der Waals surface area contributed by atoms with Gasteiger partial charge in [-0.25, -0.2) is 4.79 Å². The fraction of sp³-hybridized carbons (Fsp3) is 0.429. The Labute approximate surface area is 122 Å². The number of hydrogen-bond acceptors (Lipinski definition) is 5. The fourth-order valence-electron chi connectivity index (χ4n) is 2.11. The molecule has 0 aliphatic carbocycles. The van der Waals surface area contributed by atoms with Crippen LogP contribution in [0.3, 0.4) is 0 Å². The summed E-state index contributed by atoms with van der Waals surface area (Å²) in [6.07, 6.45) is -0.994. The fourth-order valence-corrected chi connectivity index (χ4v) is 2.11. The highest BCUT2D eigenvalue weighted by Gasteiger charge is 2.31. The Morgan fingerprint density at radius 2 is 2.19 bits per heavy atom. The monoisotopic (exact) mass is 295 g/mol. The Morgan fingerprint density at radius 3 is 2.81 bits per heavy atom. The van der Waals surface area contributed by atoms with Gasteiger partial charge in [-0.05, 0) is 12.1 Å². The maximum Gasteiger partial charge on any atom is 0.334 e. The SMILES string of the molecule is COc1ccc(CN2CC(C(=O)O)OCC2=O)c(OC)c1. The van der Waals surface area contributed by atoms with Gasteiger partial charge in [0.2, 0.25) is 5.91 Å². The Bertz CT molecular complexity index is 544. The van der Waals surface area contributed by atoms with Crippen LogP contribution in [0.15, 0.2) is 18.2 Å². The summed E-state index contributed by atoms with van der Waals surface area (Å²) in [6, 6.07) is 5.27. The van der Waals surface area contributed by atoms with Crippen molar-refractivity contribution in [3.63, 3.8) is 0 Å². The summed E-state index contributed by atoms with van der Waals surface area (Å²) in [5.41, 5.74) is 0.776. The average molecular weight is 295 g/mol. The van der Waals surface area contributed by atoms with Crippen LogP contribution in [0.5, 0.6) is 11.5 Å². The average Bonchev–Trinajstić information content (AvgIpc) is 2.49. The number of nitrogens with zero attached hydrogens (tertiary/aromatic N) is 1. The molecule has 7 nitrogen and oxygen atoms in total. The van der Waals surface area contributed by atoms with Crippen LogP contribution in [0.1, 0.15) is 5.56 Å². The summed E-state index contributed by atoms with van der Waals surface area (Å²) >= 11 is 0. The van der Waals surface area contributed by atoms with Gasteiger partial charge in [-0.3, -0.25) is 4.79 Å². The van der Waals surface area contributed by atoms with Gasteiger partial charge in [-0.15, -0.1) is 0 Å². The van der Waals surface area contributed by atoms with Gasteiger partial charge in [0, 0.05) is 18.2 Å². The first-order valence-electron chi connectivity index (χ1n) is 6.38. The van der Waals surface area contributed by atoms with Crippen LogP contribution >= 0.6 is 0 Å². The molecule has 0 bridgehead atoms. The van der Waals surface area contributed by atoms with Gasteiger partial charge in [0.15, 0.2) is 6.10 Å². The summed E-state index contributed by atoms with van der Waals surface area (Å²) < 4.78 is 15.4. The molecule has 0 aromatic heterocycles. The number of methoxy groups -OCH3 is 2. The molecule has 0 radical (unpaired) electrons. The van der Waals surface area contributed by atoms with E-state index in [4.69, 9.17) is 19.3 Å². The number of aliphatic carboxylic acids is 1. The molecule has 21 heavy (non-hydrogen) atoms. The molecular weight excluding hydrogens is 278 g/mol. The van der Waals surface area contributed by atoms with Gasteiger partial charge in [-0.1, -0.05) is 0 Å². The van der Waals surface area contributed by atoms with Crippen LogP contribution in [0, 0.1) is 0 Å². The van der Waals surface area contributed by atoms with Crippen LogP contribution in [-0.4, -0.2) is 55.4 Å². The lowest BCUT2D eigenvalue weighted by molar-refractivity contribution is -0.165. The van der Waals surface area contributed by atoms with Crippen LogP contribution in [0.4, 0.5) is 0 Å². The minimum atomic E-state index is -1.07. The van der Waals surface area contributed by atoms with E-state index in [1.165, 1.54) is 12.0 Å². The lowest BCUT2D eigenvalue weighted by atomic mass is 10.1. The molecule has 1 aromatic rings. The Kier molecular flexibility index (Phi) is 4.64. The lowest BCUT2D eigenvalue weighted by Gasteiger charge is -2.31. The maximum absolute atomic E-state index is 11.8. The van der Waals surface area contributed by atoms with Crippen molar-refractivity contribution in [2.45, 2.75) is 12.6 Å². The molecule has 1 fully saturated rings. The molecule has 1 saturated heterocycles. The Morgan fingerprint density at radius 1 is 1.43 bits per heavy atom. The highest BCUT2D eigenvalue weighted by Crippen LogP contribution is 2.26. The van der Waals surface area contributed by atoms with Crippen molar-refractivity contribution < 1.29 is 28.9 Å². The van der Waals surface area contributed by atoms with Crippen molar-refractivity contribution in [2.75, 3.05) is 27.4 Å². The minimum absolute atomic E-state index is 0.0172. The van der Waals surface area contributed by atoms with E-state index in [1.54, 1.807) is 25.3 Å². The molecule has 1 atom stereocenters. The van der Waals surface area contributed by atoms with E-state index >= 15 is 0 Å². The molecule has 1 N–H and O–H groups in total. The molecule has 1 aromatic carbocycles. The van der Waals surface area contributed by atoms with Crippen LogP contribution in [0.2, 0.25) is 0 Å². The zero-order valence-electron chi connectivity index (χ0n) is 11.9. The van der Waals surface area contributed by atoms with E-state index in [-0.39, 0.29) is 25.6 Å². The number of carboxylic acid groups (broad SMARTS) is 1. The van der Waals surface area contributed by atoms with Crippen molar-refractivity contribution in [1.29, 1.82) is 0 Å².